The van der Waals surface area contributed by atoms with Gasteiger partial charge in [0.25, 0.3) is 0 Å². The van der Waals surface area contributed by atoms with E-state index in [1.54, 1.807) is 24.3 Å². The highest BCUT2D eigenvalue weighted by atomic mass is 35.5. The van der Waals surface area contributed by atoms with E-state index < -0.39 is 11.3 Å². The number of hydrogen-bond donors (Lipinski definition) is 1. The number of halogens is 1. The summed E-state index contributed by atoms with van der Waals surface area (Å²) in [6, 6.07) is 8.44. The standard InChI is InChI=1S/C9H7ClN2O/c10-8(9(12)13)7-3-1-2-6(4-7)5-11/h1-4,8H,(H2,12,13). The molecule has 1 aromatic rings. The van der Waals surface area contributed by atoms with Crippen molar-refractivity contribution in [2.24, 2.45) is 5.73 Å². The average Bonchev–Trinajstić information content (AvgIpc) is 2.16. The maximum atomic E-state index is 10.7. The first kappa shape index (κ1) is 9.56. The second-order valence-electron chi connectivity index (χ2n) is 2.50. The lowest BCUT2D eigenvalue weighted by molar-refractivity contribution is -0.117. The molecule has 1 amide bonds. The van der Waals surface area contributed by atoms with Gasteiger partial charge in [0, 0.05) is 0 Å². The SMILES string of the molecule is N#Cc1cccc(C(Cl)C(N)=O)c1. The van der Waals surface area contributed by atoms with E-state index in [0.717, 1.165) is 0 Å². The zero-order valence-electron chi connectivity index (χ0n) is 6.70. The molecule has 1 atom stereocenters. The van der Waals surface area contributed by atoms with Crippen molar-refractivity contribution in [1.29, 1.82) is 5.26 Å². The van der Waals surface area contributed by atoms with Crippen molar-refractivity contribution in [3.05, 3.63) is 35.4 Å². The number of carbonyl (C=O) groups is 1. The Morgan fingerprint density at radius 1 is 1.62 bits per heavy atom. The Morgan fingerprint density at radius 2 is 2.31 bits per heavy atom. The zero-order valence-corrected chi connectivity index (χ0v) is 7.45. The molecule has 1 rings (SSSR count). The first-order chi connectivity index (χ1) is 6.15. The summed E-state index contributed by atoms with van der Waals surface area (Å²) in [5.74, 6) is -0.614. The highest BCUT2D eigenvalue weighted by Gasteiger charge is 2.13. The smallest absolute Gasteiger partial charge is 0.240 e. The molecule has 3 nitrogen and oxygen atoms in total. The predicted octanol–water partition coefficient (Wildman–Crippen LogP) is 1.32. The van der Waals surface area contributed by atoms with Crippen LogP contribution in [-0.4, -0.2) is 5.91 Å². The highest BCUT2D eigenvalue weighted by molar-refractivity contribution is 6.30. The van der Waals surface area contributed by atoms with Crippen LogP contribution < -0.4 is 5.73 Å². The molecule has 0 aliphatic heterocycles. The molecule has 0 heterocycles. The summed E-state index contributed by atoms with van der Waals surface area (Å²) in [6.07, 6.45) is 0. The van der Waals surface area contributed by atoms with Gasteiger partial charge in [-0.2, -0.15) is 5.26 Å². The van der Waals surface area contributed by atoms with Gasteiger partial charge >= 0.3 is 0 Å². The summed E-state index contributed by atoms with van der Waals surface area (Å²) in [6.45, 7) is 0. The minimum Gasteiger partial charge on any atom is -0.368 e. The van der Waals surface area contributed by atoms with Crippen molar-refractivity contribution in [3.8, 4) is 6.07 Å². The molecule has 4 heteroatoms. The van der Waals surface area contributed by atoms with E-state index >= 15 is 0 Å². The third kappa shape index (κ3) is 2.20. The van der Waals surface area contributed by atoms with Crippen LogP contribution in [0, 0.1) is 11.3 Å². The van der Waals surface area contributed by atoms with E-state index in [1.807, 2.05) is 6.07 Å². The van der Waals surface area contributed by atoms with Crippen LogP contribution in [0.1, 0.15) is 16.5 Å². The number of rotatable bonds is 2. The molecule has 0 fully saturated rings. The van der Waals surface area contributed by atoms with E-state index in [2.05, 4.69) is 0 Å². The first-order valence-corrected chi connectivity index (χ1v) is 4.02. The van der Waals surface area contributed by atoms with Gasteiger partial charge in [0.1, 0.15) is 5.38 Å². The Hall–Kier alpha value is -1.53. The number of carbonyl (C=O) groups excluding carboxylic acids is 1. The number of nitrogens with two attached hydrogens (primary N) is 1. The van der Waals surface area contributed by atoms with Crippen LogP contribution in [0.3, 0.4) is 0 Å². The largest absolute Gasteiger partial charge is 0.368 e. The Bertz CT molecular complexity index is 370. The van der Waals surface area contributed by atoms with Gasteiger partial charge in [-0.25, -0.2) is 0 Å². The second kappa shape index (κ2) is 3.92. The minimum absolute atomic E-state index is 0.462. The number of hydrogen-bond acceptors (Lipinski definition) is 2. The fraction of sp³-hybridized carbons (Fsp3) is 0.111. The average molecular weight is 195 g/mol. The van der Waals surface area contributed by atoms with E-state index in [4.69, 9.17) is 22.6 Å². The summed E-state index contributed by atoms with van der Waals surface area (Å²) in [5.41, 5.74) is 6.02. The van der Waals surface area contributed by atoms with Crippen molar-refractivity contribution >= 4 is 17.5 Å². The summed E-state index contributed by atoms with van der Waals surface area (Å²) in [5, 5.41) is 7.71. The highest BCUT2D eigenvalue weighted by Crippen LogP contribution is 2.20. The van der Waals surface area contributed by atoms with Crippen LogP contribution in [0.25, 0.3) is 0 Å². The fourth-order valence-corrected chi connectivity index (χ4v) is 1.07. The molecule has 1 unspecified atom stereocenters. The number of amides is 1. The fourth-order valence-electron chi connectivity index (χ4n) is 0.930. The predicted molar refractivity (Wildman–Crippen MR) is 48.9 cm³/mol. The van der Waals surface area contributed by atoms with E-state index in [1.165, 1.54) is 0 Å². The molecule has 2 N–H and O–H groups in total. The first-order valence-electron chi connectivity index (χ1n) is 3.58. The molecule has 0 radical (unpaired) electrons. The van der Waals surface area contributed by atoms with Crippen molar-refractivity contribution in [3.63, 3.8) is 0 Å². The molecule has 0 saturated carbocycles. The van der Waals surface area contributed by atoms with Gasteiger partial charge in [-0.05, 0) is 17.7 Å². The van der Waals surface area contributed by atoms with Crippen LogP contribution in [0.15, 0.2) is 24.3 Å². The van der Waals surface area contributed by atoms with Crippen molar-refractivity contribution in [1.82, 2.24) is 0 Å². The monoisotopic (exact) mass is 194 g/mol. The van der Waals surface area contributed by atoms with Gasteiger partial charge in [-0.3, -0.25) is 4.79 Å². The Kier molecular flexibility index (Phi) is 2.88. The summed E-state index contributed by atoms with van der Waals surface area (Å²) in [7, 11) is 0. The van der Waals surface area contributed by atoms with E-state index in [0.29, 0.717) is 11.1 Å². The topological polar surface area (TPSA) is 66.9 Å². The maximum absolute atomic E-state index is 10.7. The van der Waals surface area contributed by atoms with Gasteiger partial charge < -0.3 is 5.73 Å². The van der Waals surface area contributed by atoms with Crippen LogP contribution in [0.2, 0.25) is 0 Å². The molecule has 0 saturated heterocycles. The van der Waals surface area contributed by atoms with Crippen molar-refractivity contribution in [2.45, 2.75) is 5.38 Å². The van der Waals surface area contributed by atoms with Gasteiger partial charge in [0.05, 0.1) is 11.6 Å². The molecule has 66 valence electrons. The van der Waals surface area contributed by atoms with Gasteiger partial charge in [-0.1, -0.05) is 12.1 Å². The van der Waals surface area contributed by atoms with Crippen LogP contribution in [0.4, 0.5) is 0 Å². The summed E-state index contributed by atoms with van der Waals surface area (Å²) in [4.78, 5) is 10.7. The van der Waals surface area contributed by atoms with E-state index in [9.17, 15) is 4.79 Å². The number of benzene rings is 1. The van der Waals surface area contributed by atoms with Crippen LogP contribution in [-0.2, 0) is 4.79 Å². The molecular weight excluding hydrogens is 188 g/mol. The molecule has 0 aliphatic rings. The lowest BCUT2D eigenvalue weighted by Gasteiger charge is -2.04. The van der Waals surface area contributed by atoms with Crippen molar-refractivity contribution < 1.29 is 4.79 Å². The quantitative estimate of drug-likeness (QED) is 0.722. The van der Waals surface area contributed by atoms with E-state index in [-0.39, 0.29) is 0 Å². The Balaban J connectivity index is 3.03. The van der Waals surface area contributed by atoms with Crippen molar-refractivity contribution in [2.75, 3.05) is 0 Å². The molecule has 0 bridgehead atoms. The second-order valence-corrected chi connectivity index (χ2v) is 2.94. The number of nitrogens with zero attached hydrogens (tertiary/aromatic N) is 1. The maximum Gasteiger partial charge on any atom is 0.240 e. The lowest BCUT2D eigenvalue weighted by Crippen LogP contribution is -2.16. The summed E-state index contributed by atoms with van der Waals surface area (Å²) < 4.78 is 0. The minimum atomic E-state index is -0.867. The molecule has 1 aromatic carbocycles. The lowest BCUT2D eigenvalue weighted by atomic mass is 10.1. The molecule has 0 aromatic heterocycles. The Labute approximate surface area is 80.7 Å². The van der Waals surface area contributed by atoms with Crippen LogP contribution in [0.5, 0.6) is 0 Å². The van der Waals surface area contributed by atoms with Gasteiger partial charge in [0.2, 0.25) is 5.91 Å². The molecule has 0 spiro atoms. The summed E-state index contributed by atoms with van der Waals surface area (Å²) >= 11 is 5.69. The van der Waals surface area contributed by atoms with Gasteiger partial charge in [0.15, 0.2) is 0 Å². The number of alkyl halides is 1. The third-order valence-electron chi connectivity index (χ3n) is 1.56. The number of nitriles is 1. The van der Waals surface area contributed by atoms with Crippen LogP contribution >= 0.6 is 11.6 Å². The normalized spacial score (nSPS) is 11.7. The molecule has 0 aliphatic carbocycles. The zero-order chi connectivity index (χ0) is 9.84. The Morgan fingerprint density at radius 3 is 2.85 bits per heavy atom. The third-order valence-corrected chi connectivity index (χ3v) is 2.03. The molecular formula is C9H7ClN2O. The number of primary amides is 1. The van der Waals surface area contributed by atoms with Gasteiger partial charge in [-0.15, -0.1) is 11.6 Å². The molecule has 13 heavy (non-hydrogen) atoms.